The van der Waals surface area contributed by atoms with Crippen LogP contribution in [0.5, 0.6) is 0 Å². The molecular weight excluding hydrogens is 407 g/mol. The van der Waals surface area contributed by atoms with Gasteiger partial charge in [0.15, 0.2) is 5.96 Å². The van der Waals surface area contributed by atoms with Gasteiger partial charge < -0.3 is 20.4 Å². The van der Waals surface area contributed by atoms with Crippen molar-refractivity contribution in [1.29, 1.82) is 0 Å². The van der Waals surface area contributed by atoms with Crippen molar-refractivity contribution in [2.45, 2.75) is 40.2 Å². The van der Waals surface area contributed by atoms with Gasteiger partial charge >= 0.3 is 0 Å². The van der Waals surface area contributed by atoms with E-state index >= 15 is 0 Å². The summed E-state index contributed by atoms with van der Waals surface area (Å²) >= 11 is 0. The Balaban J connectivity index is 0.00000264. The van der Waals surface area contributed by atoms with E-state index in [2.05, 4.69) is 20.9 Å². The quantitative estimate of drug-likeness (QED) is 0.266. The third kappa shape index (κ3) is 6.80. The third-order valence-corrected chi connectivity index (χ3v) is 3.56. The zero-order valence-electron chi connectivity index (χ0n) is 14.1. The highest BCUT2D eigenvalue weighted by Crippen LogP contribution is 2.28. The first-order valence-corrected chi connectivity index (χ1v) is 7.96. The van der Waals surface area contributed by atoms with Crippen molar-refractivity contribution in [1.82, 2.24) is 16.0 Å². The normalized spacial score (nSPS) is 14.1. The number of aryl methyl sites for hydroxylation is 2. The molecule has 3 N–H and O–H groups in total. The molecule has 0 spiro atoms. The number of aliphatic imine (C=N–C) groups is 1. The molecule has 1 heterocycles. The van der Waals surface area contributed by atoms with Gasteiger partial charge in [-0.1, -0.05) is 0 Å². The molecule has 0 saturated heterocycles. The van der Waals surface area contributed by atoms with Crippen LogP contribution in [0.25, 0.3) is 0 Å². The number of rotatable bonds is 7. The van der Waals surface area contributed by atoms with Gasteiger partial charge in [0.05, 0.1) is 6.54 Å². The Morgan fingerprint density at radius 1 is 1.26 bits per heavy atom. The van der Waals surface area contributed by atoms with E-state index in [-0.39, 0.29) is 35.8 Å². The average Bonchev–Trinajstić information content (AvgIpc) is 3.27. The molecule has 0 aromatic carbocycles. The van der Waals surface area contributed by atoms with Gasteiger partial charge in [0, 0.05) is 31.1 Å². The number of guanidine groups is 1. The fraction of sp³-hybridized carbons (Fsp3) is 0.625. The lowest BCUT2D eigenvalue weighted by Crippen LogP contribution is -2.41. The van der Waals surface area contributed by atoms with E-state index < -0.39 is 0 Å². The monoisotopic (exact) mass is 434 g/mol. The lowest BCUT2D eigenvalue weighted by Gasteiger charge is -2.11. The van der Waals surface area contributed by atoms with Crippen LogP contribution in [-0.2, 0) is 11.3 Å². The van der Waals surface area contributed by atoms with Gasteiger partial charge in [-0.05, 0) is 39.7 Å². The number of amides is 1. The summed E-state index contributed by atoms with van der Waals surface area (Å²) in [4.78, 5) is 16.1. The fourth-order valence-corrected chi connectivity index (χ4v) is 2.20. The molecule has 1 amide bonds. The van der Waals surface area contributed by atoms with Crippen LogP contribution in [0.4, 0.5) is 0 Å². The summed E-state index contributed by atoms with van der Waals surface area (Å²) in [5.41, 5.74) is 1.09. The van der Waals surface area contributed by atoms with Crippen LogP contribution in [0.2, 0.25) is 0 Å². The SMILES string of the molecule is CCNC(=NCc1cc(C)oc1C)NCCNC(=O)C1CC1.I. The van der Waals surface area contributed by atoms with E-state index in [1.165, 1.54) is 0 Å². The van der Waals surface area contributed by atoms with E-state index in [0.717, 1.165) is 42.4 Å². The predicted octanol–water partition coefficient (Wildman–Crippen LogP) is 2.10. The smallest absolute Gasteiger partial charge is 0.223 e. The summed E-state index contributed by atoms with van der Waals surface area (Å²) < 4.78 is 5.50. The largest absolute Gasteiger partial charge is 0.466 e. The second-order valence-electron chi connectivity index (χ2n) is 5.63. The van der Waals surface area contributed by atoms with Crippen molar-refractivity contribution in [2.24, 2.45) is 10.9 Å². The summed E-state index contributed by atoms with van der Waals surface area (Å²) in [6.07, 6.45) is 2.07. The first kappa shape index (κ1) is 19.8. The Morgan fingerprint density at radius 2 is 1.96 bits per heavy atom. The van der Waals surface area contributed by atoms with E-state index in [0.29, 0.717) is 19.6 Å². The maximum absolute atomic E-state index is 11.5. The summed E-state index contributed by atoms with van der Waals surface area (Å²) in [7, 11) is 0. The summed E-state index contributed by atoms with van der Waals surface area (Å²) in [6, 6.07) is 2.01. The van der Waals surface area contributed by atoms with Gasteiger partial charge in [0.2, 0.25) is 5.91 Å². The van der Waals surface area contributed by atoms with Gasteiger partial charge in [0.1, 0.15) is 11.5 Å². The number of furan rings is 1. The predicted molar refractivity (Wildman–Crippen MR) is 102 cm³/mol. The Kier molecular flexibility index (Phi) is 8.43. The molecule has 1 saturated carbocycles. The summed E-state index contributed by atoms with van der Waals surface area (Å²) in [5.74, 6) is 3.00. The molecule has 0 bridgehead atoms. The highest BCUT2D eigenvalue weighted by atomic mass is 127. The highest BCUT2D eigenvalue weighted by molar-refractivity contribution is 14.0. The maximum Gasteiger partial charge on any atom is 0.223 e. The molecule has 0 atom stereocenters. The van der Waals surface area contributed by atoms with Crippen molar-refractivity contribution >= 4 is 35.8 Å². The molecule has 1 aromatic rings. The fourth-order valence-electron chi connectivity index (χ4n) is 2.20. The number of halogens is 1. The number of nitrogens with zero attached hydrogens (tertiary/aromatic N) is 1. The second kappa shape index (κ2) is 9.79. The van der Waals surface area contributed by atoms with Crippen molar-refractivity contribution in [3.05, 3.63) is 23.2 Å². The van der Waals surface area contributed by atoms with Gasteiger partial charge in [-0.2, -0.15) is 0 Å². The summed E-state index contributed by atoms with van der Waals surface area (Å²) in [6.45, 7) is 8.56. The first-order valence-electron chi connectivity index (χ1n) is 7.96. The van der Waals surface area contributed by atoms with Crippen molar-refractivity contribution < 1.29 is 9.21 Å². The minimum Gasteiger partial charge on any atom is -0.466 e. The van der Waals surface area contributed by atoms with E-state index in [4.69, 9.17) is 4.42 Å². The van der Waals surface area contributed by atoms with Crippen LogP contribution in [0, 0.1) is 19.8 Å². The molecule has 6 nitrogen and oxygen atoms in total. The number of carbonyl (C=O) groups is 1. The molecule has 1 aromatic heterocycles. The number of carbonyl (C=O) groups excluding carboxylic acids is 1. The van der Waals surface area contributed by atoms with Crippen LogP contribution < -0.4 is 16.0 Å². The van der Waals surface area contributed by atoms with Gasteiger partial charge in [-0.3, -0.25) is 4.79 Å². The third-order valence-electron chi connectivity index (χ3n) is 3.56. The number of nitrogens with one attached hydrogen (secondary N) is 3. The minimum atomic E-state index is 0. The van der Waals surface area contributed by atoms with Gasteiger partial charge in [0.25, 0.3) is 0 Å². The first-order chi connectivity index (χ1) is 10.6. The van der Waals surface area contributed by atoms with Crippen LogP contribution in [-0.4, -0.2) is 31.5 Å². The van der Waals surface area contributed by atoms with E-state index in [9.17, 15) is 4.79 Å². The molecule has 2 rings (SSSR count). The van der Waals surface area contributed by atoms with E-state index in [1.807, 2.05) is 26.8 Å². The molecule has 1 fully saturated rings. The molecule has 0 radical (unpaired) electrons. The molecular formula is C16H27IN4O2. The Labute approximate surface area is 154 Å². The van der Waals surface area contributed by atoms with Crippen molar-refractivity contribution in [2.75, 3.05) is 19.6 Å². The van der Waals surface area contributed by atoms with E-state index in [1.54, 1.807) is 0 Å². The number of hydrogen-bond acceptors (Lipinski definition) is 3. The average molecular weight is 434 g/mol. The molecule has 23 heavy (non-hydrogen) atoms. The van der Waals surface area contributed by atoms with Crippen LogP contribution >= 0.6 is 24.0 Å². The van der Waals surface area contributed by atoms with Gasteiger partial charge in [-0.15, -0.1) is 24.0 Å². The van der Waals surface area contributed by atoms with Gasteiger partial charge in [-0.25, -0.2) is 4.99 Å². The number of hydrogen-bond donors (Lipinski definition) is 3. The van der Waals surface area contributed by atoms with Crippen LogP contribution in [0.15, 0.2) is 15.5 Å². The van der Waals surface area contributed by atoms with Crippen LogP contribution in [0.3, 0.4) is 0 Å². The summed E-state index contributed by atoms with van der Waals surface area (Å²) in [5, 5.41) is 9.35. The molecule has 1 aliphatic carbocycles. The Hall–Kier alpha value is -1.25. The lowest BCUT2D eigenvalue weighted by molar-refractivity contribution is -0.122. The molecule has 0 aliphatic heterocycles. The minimum absolute atomic E-state index is 0. The van der Waals surface area contributed by atoms with Crippen LogP contribution in [0.1, 0.15) is 36.8 Å². The van der Waals surface area contributed by atoms with Crippen molar-refractivity contribution in [3.8, 4) is 0 Å². The lowest BCUT2D eigenvalue weighted by atomic mass is 10.2. The maximum atomic E-state index is 11.5. The molecule has 130 valence electrons. The highest BCUT2D eigenvalue weighted by Gasteiger charge is 2.28. The Morgan fingerprint density at radius 3 is 2.52 bits per heavy atom. The second-order valence-corrected chi connectivity index (χ2v) is 5.63. The molecule has 7 heteroatoms. The molecule has 0 unspecified atom stereocenters. The standard InChI is InChI=1S/C16H26N4O2.HI/c1-4-17-16(19-8-7-18-15(21)13-5-6-13)20-10-14-9-11(2)22-12(14)3;/h9,13H,4-8,10H2,1-3H3,(H,18,21)(H2,17,19,20);1H. The zero-order valence-corrected chi connectivity index (χ0v) is 16.4. The van der Waals surface area contributed by atoms with Crippen molar-refractivity contribution in [3.63, 3.8) is 0 Å². The molecule has 1 aliphatic rings. The zero-order chi connectivity index (χ0) is 15.9. The Bertz CT molecular complexity index is 538. The topological polar surface area (TPSA) is 78.7 Å².